The minimum Gasteiger partial charge on any atom is -0.351 e. The molecule has 0 saturated carbocycles. The quantitative estimate of drug-likeness (QED) is 0.650. The zero-order chi connectivity index (χ0) is 10.9. The van der Waals surface area contributed by atoms with E-state index in [0.717, 1.165) is 11.1 Å². The van der Waals surface area contributed by atoms with Crippen LogP contribution in [0.2, 0.25) is 0 Å². The van der Waals surface area contributed by atoms with Crippen molar-refractivity contribution in [2.24, 2.45) is 0 Å². The largest absolute Gasteiger partial charge is 0.351 e. The molecule has 2 rings (SSSR count). The fraction of sp³-hybridized carbons (Fsp3) is 0.455. The molecule has 0 spiro atoms. The molecule has 1 aromatic heterocycles. The number of pyridine rings is 1. The van der Waals surface area contributed by atoms with E-state index in [0.29, 0.717) is 13.1 Å². The predicted octanol–water partition coefficient (Wildman–Crippen LogP) is 0.536. The highest BCUT2D eigenvalue weighted by Crippen LogP contribution is 2.20. The van der Waals surface area contributed by atoms with Gasteiger partial charge in [0.05, 0.1) is 6.54 Å². The van der Waals surface area contributed by atoms with Gasteiger partial charge in [-0.3, -0.25) is 15.1 Å². The fourth-order valence-corrected chi connectivity index (χ4v) is 1.59. The summed E-state index contributed by atoms with van der Waals surface area (Å²) >= 11 is 0. The molecule has 0 atom stereocenters. The smallest absolute Gasteiger partial charge is 0.234 e. The van der Waals surface area contributed by atoms with Crippen LogP contribution in [0.5, 0.6) is 0 Å². The van der Waals surface area contributed by atoms with Gasteiger partial charge in [-0.2, -0.15) is 0 Å². The Kier molecular flexibility index (Phi) is 2.44. The first-order valence-corrected chi connectivity index (χ1v) is 5.04. The summed E-state index contributed by atoms with van der Waals surface area (Å²) in [5, 5.41) is 6.04. The molecule has 15 heavy (non-hydrogen) atoms. The van der Waals surface area contributed by atoms with Crippen LogP contribution in [0.15, 0.2) is 18.5 Å². The van der Waals surface area contributed by atoms with Crippen molar-refractivity contribution in [3.63, 3.8) is 0 Å². The Morgan fingerprint density at radius 2 is 2.13 bits per heavy atom. The molecule has 1 amide bonds. The first-order chi connectivity index (χ1) is 7.08. The van der Waals surface area contributed by atoms with E-state index in [1.165, 1.54) is 0 Å². The Bertz CT molecular complexity index is 387. The maximum absolute atomic E-state index is 11.4. The number of carbonyl (C=O) groups is 1. The van der Waals surface area contributed by atoms with Crippen molar-refractivity contribution in [1.82, 2.24) is 15.6 Å². The second-order valence-corrected chi connectivity index (χ2v) is 4.34. The third-order valence-electron chi connectivity index (χ3n) is 2.70. The Balaban J connectivity index is 2.39. The predicted molar refractivity (Wildman–Crippen MR) is 57.1 cm³/mol. The van der Waals surface area contributed by atoms with E-state index < -0.39 is 0 Å². The van der Waals surface area contributed by atoms with E-state index in [1.807, 2.05) is 20.0 Å². The highest BCUT2D eigenvalue weighted by atomic mass is 16.1. The normalized spacial score (nSPS) is 19.7. The lowest BCUT2D eigenvalue weighted by molar-refractivity contribution is -0.120. The lowest BCUT2D eigenvalue weighted by Crippen LogP contribution is -2.42. The number of hydrogen-bond donors (Lipinski definition) is 2. The van der Waals surface area contributed by atoms with Gasteiger partial charge in [-0.15, -0.1) is 0 Å². The van der Waals surface area contributed by atoms with Crippen LogP contribution in [0.3, 0.4) is 0 Å². The van der Waals surface area contributed by atoms with Gasteiger partial charge in [0, 0.05) is 24.5 Å². The van der Waals surface area contributed by atoms with E-state index in [2.05, 4.69) is 21.7 Å². The molecule has 4 nitrogen and oxygen atoms in total. The molecule has 2 heterocycles. The van der Waals surface area contributed by atoms with Crippen LogP contribution >= 0.6 is 0 Å². The van der Waals surface area contributed by atoms with E-state index in [-0.39, 0.29) is 11.4 Å². The number of nitrogens with zero attached hydrogens (tertiary/aromatic N) is 1. The van der Waals surface area contributed by atoms with Crippen molar-refractivity contribution in [2.75, 3.05) is 6.54 Å². The minimum atomic E-state index is -0.218. The maximum atomic E-state index is 11.4. The third kappa shape index (κ3) is 2.15. The molecule has 0 unspecified atom stereocenters. The van der Waals surface area contributed by atoms with Crippen LogP contribution in [-0.2, 0) is 16.9 Å². The van der Waals surface area contributed by atoms with Gasteiger partial charge in [0.25, 0.3) is 0 Å². The van der Waals surface area contributed by atoms with E-state index in [9.17, 15) is 4.79 Å². The summed E-state index contributed by atoms with van der Waals surface area (Å²) in [6.45, 7) is 4.99. The van der Waals surface area contributed by atoms with Crippen molar-refractivity contribution in [2.45, 2.75) is 25.9 Å². The summed E-state index contributed by atoms with van der Waals surface area (Å²) in [5.74, 6) is 0.0190. The average Bonchev–Trinajstić information content (AvgIpc) is 2.26. The van der Waals surface area contributed by atoms with Crippen molar-refractivity contribution in [3.8, 4) is 0 Å². The summed E-state index contributed by atoms with van der Waals surface area (Å²) in [4.78, 5) is 15.6. The van der Waals surface area contributed by atoms with Gasteiger partial charge in [0.2, 0.25) is 5.91 Å². The summed E-state index contributed by atoms with van der Waals surface area (Å²) in [6, 6.07) is 2.08. The van der Waals surface area contributed by atoms with Crippen molar-refractivity contribution >= 4 is 5.91 Å². The Morgan fingerprint density at radius 3 is 2.93 bits per heavy atom. The number of nitrogens with one attached hydrogen (secondary N) is 2. The van der Waals surface area contributed by atoms with E-state index in [4.69, 9.17) is 0 Å². The molecular formula is C11H15N3O. The van der Waals surface area contributed by atoms with Crippen LogP contribution in [0.25, 0.3) is 0 Å². The molecule has 1 aromatic rings. The Labute approximate surface area is 89.1 Å². The molecule has 2 N–H and O–H groups in total. The summed E-state index contributed by atoms with van der Waals surface area (Å²) in [7, 11) is 0. The first kappa shape index (κ1) is 10.1. The summed E-state index contributed by atoms with van der Waals surface area (Å²) < 4.78 is 0. The van der Waals surface area contributed by atoms with Gasteiger partial charge in [0.1, 0.15) is 0 Å². The van der Waals surface area contributed by atoms with Crippen LogP contribution in [0.1, 0.15) is 25.0 Å². The topological polar surface area (TPSA) is 54.0 Å². The molecule has 0 saturated heterocycles. The van der Waals surface area contributed by atoms with Gasteiger partial charge in [-0.25, -0.2) is 0 Å². The monoisotopic (exact) mass is 205 g/mol. The Hall–Kier alpha value is -1.42. The van der Waals surface area contributed by atoms with Gasteiger partial charge < -0.3 is 5.32 Å². The van der Waals surface area contributed by atoms with Crippen molar-refractivity contribution < 1.29 is 4.79 Å². The van der Waals surface area contributed by atoms with Crippen LogP contribution in [-0.4, -0.2) is 17.4 Å². The highest BCUT2D eigenvalue weighted by Gasteiger charge is 2.22. The van der Waals surface area contributed by atoms with Gasteiger partial charge >= 0.3 is 0 Å². The number of carbonyl (C=O) groups excluding carboxylic acids is 1. The lowest BCUT2D eigenvalue weighted by Gasteiger charge is -2.25. The molecule has 2 bridgehead atoms. The summed E-state index contributed by atoms with van der Waals surface area (Å²) in [5.41, 5.74) is 1.93. The number of hydrogen-bond acceptors (Lipinski definition) is 3. The number of aromatic nitrogens is 1. The number of amides is 1. The summed E-state index contributed by atoms with van der Waals surface area (Å²) in [6.07, 6.45) is 3.62. The second kappa shape index (κ2) is 3.62. The van der Waals surface area contributed by atoms with Crippen LogP contribution < -0.4 is 10.6 Å². The number of fused-ring (bicyclic) bond motifs is 2. The fourth-order valence-electron chi connectivity index (χ4n) is 1.59. The molecule has 1 aliphatic rings. The van der Waals surface area contributed by atoms with Gasteiger partial charge in [-0.1, -0.05) is 0 Å². The lowest BCUT2D eigenvalue weighted by atomic mass is 9.95. The van der Waals surface area contributed by atoms with Crippen molar-refractivity contribution in [3.05, 3.63) is 29.6 Å². The molecular weight excluding hydrogens is 190 g/mol. The molecule has 1 aliphatic heterocycles. The molecule has 0 radical (unpaired) electrons. The first-order valence-electron chi connectivity index (χ1n) is 5.04. The average molecular weight is 205 g/mol. The zero-order valence-corrected chi connectivity index (χ0v) is 9.00. The molecule has 4 heteroatoms. The minimum absolute atomic E-state index is 0.0190. The van der Waals surface area contributed by atoms with Gasteiger partial charge in [0.15, 0.2) is 0 Å². The third-order valence-corrected chi connectivity index (χ3v) is 2.70. The van der Waals surface area contributed by atoms with Crippen molar-refractivity contribution in [1.29, 1.82) is 0 Å². The molecule has 0 aromatic carbocycles. The highest BCUT2D eigenvalue weighted by molar-refractivity contribution is 5.78. The second-order valence-electron chi connectivity index (χ2n) is 4.34. The number of rotatable bonds is 0. The maximum Gasteiger partial charge on any atom is 0.234 e. The Morgan fingerprint density at radius 1 is 1.33 bits per heavy atom. The molecule has 0 fully saturated rings. The van der Waals surface area contributed by atoms with E-state index >= 15 is 0 Å². The van der Waals surface area contributed by atoms with E-state index in [1.54, 1.807) is 6.20 Å². The SMILES string of the molecule is CC1(C)NCC(=O)NCc2cncc1c2. The zero-order valence-electron chi connectivity index (χ0n) is 9.00. The molecule has 0 aliphatic carbocycles. The van der Waals surface area contributed by atoms with Crippen LogP contribution in [0, 0.1) is 0 Å². The standard InChI is InChI=1S/C11H15N3O/c1-11(2)9-3-8(4-12-6-9)5-13-10(15)7-14-11/h3-4,6,14H,5,7H2,1-2H3,(H,13,15). The van der Waals surface area contributed by atoms with Crippen LogP contribution in [0.4, 0.5) is 0 Å². The van der Waals surface area contributed by atoms with Gasteiger partial charge in [-0.05, 0) is 31.0 Å². The molecule has 80 valence electrons.